The monoisotopic (exact) mass is 474 g/mol. The lowest BCUT2D eigenvalue weighted by atomic mass is 9.88. The number of benzene rings is 2. The van der Waals surface area contributed by atoms with E-state index in [1.165, 1.54) is 28.1 Å². The van der Waals surface area contributed by atoms with Crippen molar-refractivity contribution in [3.05, 3.63) is 33.4 Å². The van der Waals surface area contributed by atoms with Gasteiger partial charge in [0.2, 0.25) is 0 Å². The summed E-state index contributed by atoms with van der Waals surface area (Å²) >= 11 is 0. The fraction of sp³-hybridized carbons (Fsp3) is 0.462. The second kappa shape index (κ2) is 10.2. The number of phenols is 4. The summed E-state index contributed by atoms with van der Waals surface area (Å²) in [5.41, 5.74) is 0.111. The van der Waals surface area contributed by atoms with Crippen molar-refractivity contribution in [1.82, 2.24) is 0 Å². The minimum Gasteiger partial charge on any atom is -0.507 e. The molecule has 0 spiro atoms. The van der Waals surface area contributed by atoms with Gasteiger partial charge >= 0.3 is 0 Å². The Balaban J connectivity index is 2.85. The van der Waals surface area contributed by atoms with Gasteiger partial charge in [0.25, 0.3) is 0 Å². The highest BCUT2D eigenvalue weighted by atomic mass is 16.5. The van der Waals surface area contributed by atoms with Crippen molar-refractivity contribution in [2.75, 3.05) is 14.2 Å². The Morgan fingerprint density at radius 1 is 0.735 bits per heavy atom. The van der Waals surface area contributed by atoms with Gasteiger partial charge in [0.05, 0.1) is 14.2 Å². The quantitative estimate of drug-likeness (QED) is 0.381. The van der Waals surface area contributed by atoms with E-state index in [4.69, 9.17) is 9.47 Å². The fourth-order valence-corrected chi connectivity index (χ4v) is 4.05. The normalized spacial score (nSPS) is 11.2. The number of hydrogen-bond donors (Lipinski definition) is 4. The zero-order chi connectivity index (χ0) is 26.1. The number of methoxy groups -OCH3 is 2. The van der Waals surface area contributed by atoms with Gasteiger partial charge in [-0.15, -0.1) is 0 Å². The third kappa shape index (κ3) is 4.62. The van der Waals surface area contributed by atoms with E-state index in [0.717, 1.165) is 0 Å². The van der Waals surface area contributed by atoms with E-state index in [0.29, 0.717) is 0 Å². The Hall–Kier alpha value is -3.42. The van der Waals surface area contributed by atoms with Crippen LogP contribution in [0.2, 0.25) is 0 Å². The van der Waals surface area contributed by atoms with Gasteiger partial charge in [-0.25, -0.2) is 0 Å². The number of hydrogen-bond acceptors (Lipinski definition) is 8. The smallest absolute Gasteiger partial charge is 0.172 e. The number of rotatable bonds is 9. The van der Waals surface area contributed by atoms with Crippen LogP contribution in [0.3, 0.4) is 0 Å². The van der Waals surface area contributed by atoms with Gasteiger partial charge in [-0.2, -0.15) is 0 Å². The molecule has 0 aliphatic rings. The van der Waals surface area contributed by atoms with Crippen LogP contribution in [0, 0.1) is 25.7 Å². The maximum absolute atomic E-state index is 12.9. The van der Waals surface area contributed by atoms with E-state index < -0.39 is 23.2 Å². The Labute approximate surface area is 199 Å². The van der Waals surface area contributed by atoms with Crippen LogP contribution in [-0.2, 0) is 6.42 Å². The molecular weight excluding hydrogens is 440 g/mol. The highest BCUT2D eigenvalue weighted by Gasteiger charge is 2.31. The lowest BCUT2D eigenvalue weighted by molar-refractivity contribution is 0.0930. The molecule has 4 N–H and O–H groups in total. The summed E-state index contributed by atoms with van der Waals surface area (Å²) in [6, 6.07) is 0. The van der Waals surface area contributed by atoms with Crippen molar-refractivity contribution in [2.24, 2.45) is 11.8 Å². The van der Waals surface area contributed by atoms with E-state index in [2.05, 4.69) is 0 Å². The zero-order valence-electron chi connectivity index (χ0n) is 21.0. The Morgan fingerprint density at radius 3 is 1.53 bits per heavy atom. The SMILES string of the molecule is COc1c(C)c(O)c(Cc2c(O)c(C)c(OC)c(C(=O)C(C)C)c2O)c(O)c1C(=O)CC(C)C. The molecule has 0 aliphatic carbocycles. The number of ether oxygens (including phenoxy) is 2. The second-order valence-electron chi connectivity index (χ2n) is 9.13. The summed E-state index contributed by atoms with van der Waals surface area (Å²) < 4.78 is 10.6. The molecule has 186 valence electrons. The summed E-state index contributed by atoms with van der Waals surface area (Å²) in [4.78, 5) is 25.8. The van der Waals surface area contributed by atoms with Crippen molar-refractivity contribution in [3.63, 3.8) is 0 Å². The lowest BCUT2D eigenvalue weighted by Gasteiger charge is -2.22. The molecule has 34 heavy (non-hydrogen) atoms. The predicted octanol–water partition coefficient (Wildman–Crippen LogP) is 4.80. The molecule has 0 unspecified atom stereocenters. The Kier molecular flexibility index (Phi) is 8.08. The average molecular weight is 475 g/mol. The molecule has 0 heterocycles. The maximum atomic E-state index is 12.9. The van der Waals surface area contributed by atoms with E-state index >= 15 is 0 Å². The number of ketones is 2. The predicted molar refractivity (Wildman–Crippen MR) is 128 cm³/mol. The van der Waals surface area contributed by atoms with Gasteiger partial charge in [0, 0.05) is 41.0 Å². The molecule has 2 rings (SSSR count). The largest absolute Gasteiger partial charge is 0.507 e. The molecule has 8 nitrogen and oxygen atoms in total. The van der Waals surface area contributed by atoms with Gasteiger partial charge in [0.15, 0.2) is 11.6 Å². The molecule has 0 fully saturated rings. The van der Waals surface area contributed by atoms with Crippen LogP contribution < -0.4 is 9.47 Å². The van der Waals surface area contributed by atoms with Crippen molar-refractivity contribution >= 4 is 11.6 Å². The van der Waals surface area contributed by atoms with Crippen LogP contribution in [0.15, 0.2) is 0 Å². The van der Waals surface area contributed by atoms with Gasteiger partial charge in [0.1, 0.15) is 45.6 Å². The van der Waals surface area contributed by atoms with Gasteiger partial charge in [-0.05, 0) is 19.8 Å². The van der Waals surface area contributed by atoms with Crippen molar-refractivity contribution in [1.29, 1.82) is 0 Å². The molecule has 0 saturated carbocycles. The number of phenolic OH excluding ortho intramolecular Hbond substituents is 4. The molecule has 0 bridgehead atoms. The summed E-state index contributed by atoms with van der Waals surface area (Å²) in [5.74, 6) is -2.84. The average Bonchev–Trinajstić information content (AvgIpc) is 2.76. The first-order valence-electron chi connectivity index (χ1n) is 11.1. The molecule has 0 amide bonds. The highest BCUT2D eigenvalue weighted by Crippen LogP contribution is 2.48. The van der Waals surface area contributed by atoms with E-state index in [1.54, 1.807) is 13.8 Å². The first kappa shape index (κ1) is 26.8. The molecular formula is C26H34O8. The highest BCUT2D eigenvalue weighted by molar-refractivity contribution is 6.04. The second-order valence-corrected chi connectivity index (χ2v) is 9.13. The number of Topliss-reactive ketones (excluding diaryl/α,β-unsaturated/α-hetero) is 2. The van der Waals surface area contributed by atoms with Crippen LogP contribution in [-0.4, -0.2) is 46.2 Å². The first-order chi connectivity index (χ1) is 15.8. The summed E-state index contributed by atoms with van der Waals surface area (Å²) in [6.07, 6.45) is -0.218. The molecule has 0 aromatic heterocycles. The first-order valence-corrected chi connectivity index (χ1v) is 11.1. The summed E-state index contributed by atoms with van der Waals surface area (Å²) in [5, 5.41) is 43.8. The van der Waals surface area contributed by atoms with Crippen LogP contribution in [0.1, 0.15) is 77.1 Å². The van der Waals surface area contributed by atoms with E-state index in [1.807, 2.05) is 13.8 Å². The van der Waals surface area contributed by atoms with Crippen LogP contribution in [0.25, 0.3) is 0 Å². The molecule has 0 saturated heterocycles. The van der Waals surface area contributed by atoms with Gasteiger partial charge in [-0.3, -0.25) is 9.59 Å². The molecule has 2 aromatic carbocycles. The van der Waals surface area contributed by atoms with Crippen molar-refractivity contribution in [3.8, 4) is 34.5 Å². The molecule has 8 heteroatoms. The molecule has 2 aromatic rings. The number of carbonyl (C=O) groups is 2. The summed E-state index contributed by atoms with van der Waals surface area (Å²) in [6.45, 7) is 10.1. The minimum absolute atomic E-state index is 0.0103. The standard InChI is InChI=1S/C26H34O8/c1-11(2)9-17(27)18-23(31)15(21(29)13(5)25(18)33-7)10-16-22(30)14(6)26(34-8)19(24(16)32)20(28)12(3)4/h11-12,29-32H,9-10H2,1-8H3. The van der Waals surface area contributed by atoms with Crippen molar-refractivity contribution < 1.29 is 39.5 Å². The van der Waals surface area contributed by atoms with Crippen LogP contribution >= 0.6 is 0 Å². The number of aromatic hydroxyl groups is 4. The van der Waals surface area contributed by atoms with Gasteiger partial charge in [-0.1, -0.05) is 27.7 Å². The van der Waals surface area contributed by atoms with E-state index in [-0.39, 0.29) is 80.9 Å². The van der Waals surface area contributed by atoms with Gasteiger partial charge < -0.3 is 29.9 Å². The minimum atomic E-state index is -0.513. The lowest BCUT2D eigenvalue weighted by Crippen LogP contribution is -2.12. The molecule has 0 atom stereocenters. The Bertz CT molecular complexity index is 1130. The topological polar surface area (TPSA) is 134 Å². The molecule has 0 radical (unpaired) electrons. The van der Waals surface area contributed by atoms with Crippen LogP contribution in [0.4, 0.5) is 0 Å². The van der Waals surface area contributed by atoms with Crippen LogP contribution in [0.5, 0.6) is 34.5 Å². The van der Waals surface area contributed by atoms with E-state index in [9.17, 15) is 30.0 Å². The third-order valence-electron chi connectivity index (χ3n) is 5.87. The molecule has 0 aliphatic heterocycles. The zero-order valence-corrected chi connectivity index (χ0v) is 21.0. The van der Waals surface area contributed by atoms with Crippen molar-refractivity contribution in [2.45, 2.75) is 54.4 Å². The maximum Gasteiger partial charge on any atom is 0.172 e. The Morgan fingerprint density at radius 2 is 1.15 bits per heavy atom. The third-order valence-corrected chi connectivity index (χ3v) is 5.87. The fourth-order valence-electron chi connectivity index (χ4n) is 4.05. The summed E-state index contributed by atoms with van der Waals surface area (Å²) in [7, 11) is 2.66. The number of carbonyl (C=O) groups excluding carboxylic acids is 2.